The van der Waals surface area contributed by atoms with Crippen molar-refractivity contribution >= 4 is 27.8 Å². The Balaban J connectivity index is 0.00000205. The molecule has 0 bridgehead atoms. The van der Waals surface area contributed by atoms with Crippen LogP contribution in [0, 0.1) is 49.4 Å². The van der Waals surface area contributed by atoms with Crippen LogP contribution in [0.2, 0.25) is 0 Å². The fourth-order valence-electron chi connectivity index (χ4n) is 3.52. The molecule has 0 fully saturated rings. The van der Waals surface area contributed by atoms with Crippen molar-refractivity contribution in [2.75, 3.05) is 0 Å². The Labute approximate surface area is 207 Å². The van der Waals surface area contributed by atoms with Crippen molar-refractivity contribution < 1.29 is 59.3 Å². The monoisotopic (exact) mass is 518 g/mol. The number of aromatic carboxylic acids is 1. The maximum absolute atomic E-state index is 11.4. The molecular weight excluding hydrogens is 502 g/mol. The van der Waals surface area contributed by atoms with Crippen LogP contribution in [0.3, 0.4) is 0 Å². The van der Waals surface area contributed by atoms with Crippen molar-refractivity contribution in [1.82, 2.24) is 14.5 Å². The molecule has 3 aromatic carbocycles. The molecule has 0 amide bonds. The maximum Gasteiger partial charge on any atom is 3.00 e. The number of fused-ring (bicyclic) bond motifs is 2. The normalized spacial score (nSPS) is 10.8. The maximum atomic E-state index is 11.4. The molecule has 1 N–H and O–H groups in total. The number of imidazole rings is 1. The summed E-state index contributed by atoms with van der Waals surface area (Å²) < 4.78 is 2.05. The molecule has 5 aromatic rings. The van der Waals surface area contributed by atoms with Gasteiger partial charge in [0.2, 0.25) is 0 Å². The van der Waals surface area contributed by atoms with Crippen LogP contribution >= 0.6 is 0 Å². The Bertz CT molecular complexity index is 1360. The summed E-state index contributed by atoms with van der Waals surface area (Å²) >= 11 is 0. The molecule has 0 aliphatic rings. The molecule has 0 aliphatic carbocycles. The van der Waals surface area contributed by atoms with Gasteiger partial charge in [0.25, 0.3) is 0 Å². The Hall–Kier alpha value is -2.41. The number of para-hydroxylation sites is 2. The first kappa shape index (κ1) is 19.9. The standard InChI is InChI=1S/C23H15N3O2.Eu/c27-23(28)19-12-6-11-18(24-19)22-25-17-10-3-4-13-21(17)26(22)20-14-5-8-15-7-1-2-9-16(15)20;/h1-14H,(H,27,28);/q;+3. The van der Waals surface area contributed by atoms with E-state index in [9.17, 15) is 9.90 Å². The van der Waals surface area contributed by atoms with E-state index in [1.54, 1.807) is 12.1 Å². The summed E-state index contributed by atoms with van der Waals surface area (Å²) in [5.74, 6) is -0.449. The molecule has 0 unspecified atom stereocenters. The summed E-state index contributed by atoms with van der Waals surface area (Å²) in [5, 5.41) is 11.5. The number of benzene rings is 3. The summed E-state index contributed by atoms with van der Waals surface area (Å²) in [6, 6.07) is 27.1. The molecule has 2 aromatic heterocycles. The largest absolute Gasteiger partial charge is 3.00 e. The van der Waals surface area contributed by atoms with E-state index in [2.05, 4.69) is 23.2 Å². The number of carbonyl (C=O) groups is 1. The smallest absolute Gasteiger partial charge is 0.477 e. The van der Waals surface area contributed by atoms with Crippen LogP contribution in [0.25, 0.3) is 39.0 Å². The van der Waals surface area contributed by atoms with Gasteiger partial charge in [-0.05, 0) is 35.7 Å². The molecule has 0 saturated carbocycles. The molecule has 5 nitrogen and oxygen atoms in total. The van der Waals surface area contributed by atoms with Crippen LogP contribution in [0.1, 0.15) is 10.5 Å². The molecule has 5 rings (SSSR count). The zero-order valence-corrected chi connectivity index (χ0v) is 17.6. The quantitative estimate of drug-likeness (QED) is 0.368. The van der Waals surface area contributed by atoms with Crippen LogP contribution in [-0.4, -0.2) is 25.6 Å². The molecule has 0 spiro atoms. The summed E-state index contributed by atoms with van der Waals surface area (Å²) in [5.41, 5.74) is 3.26. The topological polar surface area (TPSA) is 68.0 Å². The van der Waals surface area contributed by atoms with Gasteiger partial charge >= 0.3 is 55.3 Å². The minimum atomic E-state index is -1.06. The number of carboxylic acids is 1. The van der Waals surface area contributed by atoms with Crippen molar-refractivity contribution in [2.24, 2.45) is 0 Å². The van der Waals surface area contributed by atoms with Gasteiger partial charge in [-0.25, -0.2) is 14.8 Å². The Kier molecular flexibility index (Phi) is 5.59. The third kappa shape index (κ3) is 3.52. The van der Waals surface area contributed by atoms with E-state index in [0.717, 1.165) is 27.5 Å². The van der Waals surface area contributed by atoms with E-state index in [1.165, 1.54) is 6.07 Å². The molecule has 0 saturated heterocycles. The summed E-state index contributed by atoms with van der Waals surface area (Å²) in [6.07, 6.45) is 0. The van der Waals surface area contributed by atoms with Crippen molar-refractivity contribution in [3.63, 3.8) is 0 Å². The molecule has 2 heterocycles. The Morgan fingerprint density at radius 2 is 1.52 bits per heavy atom. The number of hydrogen-bond acceptors (Lipinski definition) is 3. The third-order valence-corrected chi connectivity index (χ3v) is 4.77. The SMILES string of the molecule is O=C(O)c1cccc(-c2nc3ccccc3n2-c2cccc3ccccc23)n1.[Eu+3]. The predicted octanol–water partition coefficient (Wildman–Crippen LogP) is 4.94. The summed E-state index contributed by atoms with van der Waals surface area (Å²) in [4.78, 5) is 20.5. The van der Waals surface area contributed by atoms with E-state index in [0.29, 0.717) is 11.5 Å². The Morgan fingerprint density at radius 1 is 0.793 bits per heavy atom. The van der Waals surface area contributed by atoms with Gasteiger partial charge in [-0.1, -0.05) is 54.6 Å². The van der Waals surface area contributed by atoms with Gasteiger partial charge < -0.3 is 5.11 Å². The second-order valence-electron chi connectivity index (χ2n) is 6.47. The van der Waals surface area contributed by atoms with Gasteiger partial charge in [-0.2, -0.15) is 0 Å². The fraction of sp³-hybridized carbons (Fsp3) is 0. The van der Waals surface area contributed by atoms with Gasteiger partial charge in [-0.3, -0.25) is 4.57 Å². The minimum Gasteiger partial charge on any atom is -0.477 e. The van der Waals surface area contributed by atoms with Crippen molar-refractivity contribution in [1.29, 1.82) is 0 Å². The molecule has 0 aliphatic heterocycles. The van der Waals surface area contributed by atoms with Gasteiger partial charge in [0, 0.05) is 5.39 Å². The first-order valence-corrected chi connectivity index (χ1v) is 8.89. The average Bonchev–Trinajstić information content (AvgIpc) is 3.13. The van der Waals surface area contributed by atoms with Gasteiger partial charge in [-0.15, -0.1) is 0 Å². The summed E-state index contributed by atoms with van der Waals surface area (Å²) in [7, 11) is 0. The van der Waals surface area contributed by atoms with E-state index in [1.807, 2.05) is 53.1 Å². The predicted molar refractivity (Wildman–Crippen MR) is 109 cm³/mol. The Morgan fingerprint density at radius 3 is 2.38 bits per heavy atom. The minimum absolute atomic E-state index is 0. The molecule has 0 atom stereocenters. The zero-order chi connectivity index (χ0) is 19.1. The van der Waals surface area contributed by atoms with Crippen molar-refractivity contribution in [2.45, 2.75) is 0 Å². The molecule has 29 heavy (non-hydrogen) atoms. The molecule has 0 radical (unpaired) electrons. The number of rotatable bonds is 3. The van der Waals surface area contributed by atoms with Crippen molar-refractivity contribution in [3.05, 3.63) is 90.6 Å². The number of pyridine rings is 1. The van der Waals surface area contributed by atoms with E-state index >= 15 is 0 Å². The van der Waals surface area contributed by atoms with E-state index in [4.69, 9.17) is 4.98 Å². The van der Waals surface area contributed by atoms with Crippen LogP contribution in [-0.2, 0) is 0 Å². The first-order chi connectivity index (χ1) is 13.7. The van der Waals surface area contributed by atoms with Crippen LogP contribution in [0.4, 0.5) is 0 Å². The second-order valence-corrected chi connectivity index (χ2v) is 6.47. The average molecular weight is 517 g/mol. The molecule has 138 valence electrons. The number of carboxylic acid groups (broad SMARTS) is 1. The van der Waals surface area contributed by atoms with Crippen LogP contribution < -0.4 is 0 Å². The zero-order valence-electron chi connectivity index (χ0n) is 15.2. The third-order valence-electron chi connectivity index (χ3n) is 4.77. The van der Waals surface area contributed by atoms with E-state index < -0.39 is 5.97 Å². The van der Waals surface area contributed by atoms with Gasteiger partial charge in [0.15, 0.2) is 5.82 Å². The molecule has 6 heteroatoms. The van der Waals surface area contributed by atoms with Crippen LogP contribution in [0.15, 0.2) is 84.9 Å². The first-order valence-electron chi connectivity index (χ1n) is 8.89. The fourth-order valence-corrected chi connectivity index (χ4v) is 3.52. The summed E-state index contributed by atoms with van der Waals surface area (Å²) in [6.45, 7) is 0. The van der Waals surface area contributed by atoms with Gasteiger partial charge in [0.1, 0.15) is 11.4 Å². The number of aromatic nitrogens is 3. The van der Waals surface area contributed by atoms with Gasteiger partial charge in [0.05, 0.1) is 16.7 Å². The number of hydrogen-bond donors (Lipinski definition) is 1. The van der Waals surface area contributed by atoms with Crippen LogP contribution in [0.5, 0.6) is 0 Å². The van der Waals surface area contributed by atoms with Crippen molar-refractivity contribution in [3.8, 4) is 17.2 Å². The molecular formula is C23H15EuN3O2+3. The van der Waals surface area contributed by atoms with E-state index in [-0.39, 0.29) is 55.1 Å². The number of nitrogens with zero attached hydrogens (tertiary/aromatic N) is 3. The second kappa shape index (κ2) is 8.15.